The van der Waals surface area contributed by atoms with Crippen molar-refractivity contribution in [1.82, 2.24) is 19.8 Å². The van der Waals surface area contributed by atoms with Crippen LogP contribution in [0.5, 0.6) is 0 Å². The van der Waals surface area contributed by atoms with Crippen LogP contribution in [-0.4, -0.2) is 44.6 Å². The van der Waals surface area contributed by atoms with Crippen molar-refractivity contribution in [2.75, 3.05) is 13.1 Å². The monoisotopic (exact) mass is 356 g/mol. The summed E-state index contributed by atoms with van der Waals surface area (Å²) in [4.78, 5) is 29.2. The Hall–Kier alpha value is -2.83. The molecule has 2 atom stereocenters. The molecule has 1 saturated heterocycles. The molecule has 0 aliphatic carbocycles. The first kappa shape index (κ1) is 18.0. The van der Waals surface area contributed by atoms with Crippen molar-refractivity contribution >= 4 is 12.0 Å². The molecule has 3 rings (SSSR count). The molecule has 1 aliphatic heterocycles. The molecular formula is C19H24N4O3. The van der Waals surface area contributed by atoms with Crippen LogP contribution < -0.4 is 5.32 Å². The van der Waals surface area contributed by atoms with Crippen molar-refractivity contribution in [2.45, 2.75) is 26.4 Å². The summed E-state index contributed by atoms with van der Waals surface area (Å²) < 4.78 is 1.99. The maximum Gasteiger partial charge on any atom is 0.317 e. The first-order chi connectivity index (χ1) is 12.5. The normalized spacial score (nSPS) is 20.0. The smallest absolute Gasteiger partial charge is 0.317 e. The Morgan fingerprint density at radius 2 is 1.96 bits per heavy atom. The number of rotatable bonds is 5. The molecule has 2 amide bonds. The number of imidazole rings is 1. The number of carbonyl (C=O) groups is 2. The van der Waals surface area contributed by atoms with E-state index < -0.39 is 11.9 Å². The number of amides is 2. The Morgan fingerprint density at radius 3 is 2.62 bits per heavy atom. The van der Waals surface area contributed by atoms with Gasteiger partial charge in [0.1, 0.15) is 0 Å². The number of aliphatic carboxylic acids is 1. The Kier molecular flexibility index (Phi) is 5.55. The lowest BCUT2D eigenvalue weighted by atomic mass is 9.91. The highest BCUT2D eigenvalue weighted by atomic mass is 16.4. The summed E-state index contributed by atoms with van der Waals surface area (Å²) in [7, 11) is 0. The number of carbonyl (C=O) groups excluding carboxylic acids is 1. The first-order valence-electron chi connectivity index (χ1n) is 8.80. The quantitative estimate of drug-likeness (QED) is 0.860. The maximum atomic E-state index is 12.4. The van der Waals surface area contributed by atoms with Gasteiger partial charge >= 0.3 is 12.0 Å². The van der Waals surface area contributed by atoms with Gasteiger partial charge in [0, 0.05) is 38.6 Å². The number of benzene rings is 1. The van der Waals surface area contributed by atoms with E-state index in [1.807, 2.05) is 42.0 Å². The fourth-order valence-corrected chi connectivity index (χ4v) is 3.34. The number of hydrogen-bond acceptors (Lipinski definition) is 3. The first-order valence-corrected chi connectivity index (χ1v) is 8.80. The van der Waals surface area contributed by atoms with Crippen LogP contribution in [0.1, 0.15) is 24.5 Å². The minimum atomic E-state index is -0.831. The minimum absolute atomic E-state index is 0.193. The summed E-state index contributed by atoms with van der Waals surface area (Å²) in [6.07, 6.45) is 6.06. The highest BCUT2D eigenvalue weighted by Gasteiger charge is 2.31. The average molecular weight is 356 g/mol. The number of nitrogens with one attached hydrogen (secondary N) is 1. The van der Waals surface area contributed by atoms with Crippen molar-refractivity contribution in [3.63, 3.8) is 0 Å². The van der Waals surface area contributed by atoms with Gasteiger partial charge in [-0.15, -0.1) is 0 Å². The fraction of sp³-hybridized carbons (Fsp3) is 0.421. The van der Waals surface area contributed by atoms with Crippen LogP contribution >= 0.6 is 0 Å². The molecule has 7 nitrogen and oxygen atoms in total. The standard InChI is InChI=1S/C19H24N4O3/c1-14-8-17(18(24)25)12-23(10-14)19(26)21-9-15-2-4-16(5-3-15)11-22-7-6-20-13-22/h2-7,13-14,17H,8-12H2,1H3,(H,21,26)(H,24,25). The number of urea groups is 1. The van der Waals surface area contributed by atoms with E-state index in [0.717, 1.165) is 17.7 Å². The lowest BCUT2D eigenvalue weighted by Crippen LogP contribution is -2.49. The molecule has 1 fully saturated rings. The molecule has 1 aliphatic rings. The zero-order valence-electron chi connectivity index (χ0n) is 14.8. The number of nitrogens with zero attached hydrogens (tertiary/aromatic N) is 3. The SMILES string of the molecule is CC1CC(C(=O)O)CN(C(=O)NCc2ccc(Cn3ccnc3)cc2)C1. The van der Waals surface area contributed by atoms with E-state index in [2.05, 4.69) is 10.3 Å². The van der Waals surface area contributed by atoms with Crippen LogP contribution in [0.4, 0.5) is 4.79 Å². The fourth-order valence-electron chi connectivity index (χ4n) is 3.34. The maximum absolute atomic E-state index is 12.4. The number of piperidine rings is 1. The van der Waals surface area contributed by atoms with Gasteiger partial charge < -0.3 is 19.9 Å². The van der Waals surface area contributed by atoms with Crippen molar-refractivity contribution in [3.05, 3.63) is 54.1 Å². The topological polar surface area (TPSA) is 87.5 Å². The van der Waals surface area contributed by atoms with E-state index >= 15 is 0 Å². The van der Waals surface area contributed by atoms with Crippen LogP contribution in [0.25, 0.3) is 0 Å². The number of hydrogen-bond donors (Lipinski definition) is 2. The van der Waals surface area contributed by atoms with E-state index in [9.17, 15) is 14.7 Å². The molecule has 138 valence electrons. The van der Waals surface area contributed by atoms with Crippen molar-refractivity contribution < 1.29 is 14.7 Å². The third kappa shape index (κ3) is 4.62. The largest absolute Gasteiger partial charge is 0.481 e. The summed E-state index contributed by atoms with van der Waals surface area (Å²) >= 11 is 0. The second-order valence-corrected chi connectivity index (χ2v) is 6.99. The number of likely N-dealkylation sites (tertiary alicyclic amines) is 1. The second kappa shape index (κ2) is 8.03. The third-order valence-corrected chi connectivity index (χ3v) is 4.69. The number of carboxylic acids is 1. The van der Waals surface area contributed by atoms with Crippen molar-refractivity contribution in [3.8, 4) is 0 Å². The molecule has 2 unspecified atom stereocenters. The van der Waals surface area contributed by atoms with Crippen LogP contribution in [0.15, 0.2) is 43.0 Å². The van der Waals surface area contributed by atoms with Gasteiger partial charge in [-0.05, 0) is 23.5 Å². The molecular weight excluding hydrogens is 332 g/mol. The van der Waals surface area contributed by atoms with Gasteiger partial charge in [0.15, 0.2) is 0 Å². The molecule has 1 aromatic heterocycles. The Bertz CT molecular complexity index is 743. The second-order valence-electron chi connectivity index (χ2n) is 6.99. The van der Waals surface area contributed by atoms with E-state index in [-0.39, 0.29) is 18.5 Å². The molecule has 0 spiro atoms. The molecule has 26 heavy (non-hydrogen) atoms. The van der Waals surface area contributed by atoms with Gasteiger partial charge in [-0.2, -0.15) is 0 Å². The Balaban J connectivity index is 1.51. The van der Waals surface area contributed by atoms with Gasteiger partial charge in [0.25, 0.3) is 0 Å². The van der Waals surface area contributed by atoms with Crippen LogP contribution in [0.3, 0.4) is 0 Å². The van der Waals surface area contributed by atoms with Gasteiger partial charge in [0.2, 0.25) is 0 Å². The van der Waals surface area contributed by atoms with Gasteiger partial charge in [-0.3, -0.25) is 4.79 Å². The molecule has 2 aromatic rings. The number of carboxylic acid groups (broad SMARTS) is 1. The zero-order valence-corrected chi connectivity index (χ0v) is 14.8. The van der Waals surface area contributed by atoms with E-state index in [1.54, 1.807) is 17.4 Å². The van der Waals surface area contributed by atoms with Crippen molar-refractivity contribution in [2.24, 2.45) is 11.8 Å². The molecule has 0 bridgehead atoms. The van der Waals surface area contributed by atoms with Crippen LogP contribution in [0, 0.1) is 11.8 Å². The van der Waals surface area contributed by atoms with E-state index in [1.165, 1.54) is 0 Å². The lowest BCUT2D eigenvalue weighted by Gasteiger charge is -2.34. The lowest BCUT2D eigenvalue weighted by molar-refractivity contribution is -0.143. The number of aromatic nitrogens is 2. The third-order valence-electron chi connectivity index (χ3n) is 4.69. The van der Waals surface area contributed by atoms with Crippen LogP contribution in [-0.2, 0) is 17.9 Å². The summed E-state index contributed by atoms with van der Waals surface area (Å²) in [5.74, 6) is -1.12. The Labute approximate surface area is 152 Å². The summed E-state index contributed by atoms with van der Waals surface area (Å²) in [5, 5.41) is 12.1. The van der Waals surface area contributed by atoms with Gasteiger partial charge in [-0.1, -0.05) is 31.2 Å². The van der Waals surface area contributed by atoms with Gasteiger partial charge in [0.05, 0.1) is 12.2 Å². The summed E-state index contributed by atoms with van der Waals surface area (Å²) in [5.41, 5.74) is 2.17. The minimum Gasteiger partial charge on any atom is -0.481 e. The van der Waals surface area contributed by atoms with Crippen molar-refractivity contribution in [1.29, 1.82) is 0 Å². The van der Waals surface area contributed by atoms with E-state index in [0.29, 0.717) is 19.5 Å². The predicted octanol–water partition coefficient (Wildman–Crippen LogP) is 2.18. The average Bonchev–Trinajstić information content (AvgIpc) is 3.13. The van der Waals surface area contributed by atoms with Crippen LogP contribution in [0.2, 0.25) is 0 Å². The molecule has 2 heterocycles. The highest BCUT2D eigenvalue weighted by Crippen LogP contribution is 2.21. The molecule has 0 saturated carbocycles. The zero-order chi connectivity index (χ0) is 18.5. The summed E-state index contributed by atoms with van der Waals surface area (Å²) in [6, 6.07) is 7.84. The predicted molar refractivity (Wildman–Crippen MR) is 96.5 cm³/mol. The van der Waals surface area contributed by atoms with E-state index in [4.69, 9.17) is 0 Å². The molecule has 2 N–H and O–H groups in total. The molecule has 7 heteroatoms. The Morgan fingerprint density at radius 1 is 1.23 bits per heavy atom. The molecule has 0 radical (unpaired) electrons. The molecule has 1 aromatic carbocycles. The van der Waals surface area contributed by atoms with Gasteiger partial charge in [-0.25, -0.2) is 9.78 Å². The summed E-state index contributed by atoms with van der Waals surface area (Å²) in [6.45, 7) is 4.03. The highest BCUT2D eigenvalue weighted by molar-refractivity contribution is 5.76.